The highest BCUT2D eigenvalue weighted by atomic mass is 16.5. The number of nitrogens with one attached hydrogen (secondary N) is 1. The van der Waals surface area contributed by atoms with Crippen LogP contribution in [-0.2, 0) is 9.53 Å². The van der Waals surface area contributed by atoms with E-state index in [0.717, 1.165) is 25.1 Å². The van der Waals surface area contributed by atoms with Gasteiger partial charge < -0.3 is 10.1 Å². The van der Waals surface area contributed by atoms with Crippen LogP contribution in [0.1, 0.15) is 37.2 Å². The first kappa shape index (κ1) is 10.6. The lowest BCUT2D eigenvalue weighted by atomic mass is 9.95. The van der Waals surface area contributed by atoms with Gasteiger partial charge >= 0.3 is 5.97 Å². The first-order valence-electron chi connectivity index (χ1n) is 6.35. The largest absolute Gasteiger partial charge is 0.462 e. The molecule has 3 heteroatoms. The Labute approximate surface area is 101 Å². The summed E-state index contributed by atoms with van der Waals surface area (Å²) >= 11 is 0. The molecule has 0 spiro atoms. The van der Waals surface area contributed by atoms with E-state index in [1.165, 1.54) is 12.0 Å². The Morgan fingerprint density at radius 3 is 2.94 bits per heavy atom. The summed E-state index contributed by atoms with van der Waals surface area (Å²) in [6.07, 6.45) is 4.00. The molecule has 90 valence electrons. The minimum atomic E-state index is -0.0433. The summed E-state index contributed by atoms with van der Waals surface area (Å²) in [5.74, 6) is 0.233. The van der Waals surface area contributed by atoms with Crippen molar-refractivity contribution in [1.82, 2.24) is 0 Å². The molecule has 1 aliphatic heterocycles. The number of anilines is 1. The third-order valence-corrected chi connectivity index (χ3v) is 3.70. The zero-order chi connectivity index (χ0) is 11.7. The molecule has 1 aromatic rings. The topological polar surface area (TPSA) is 38.3 Å². The van der Waals surface area contributed by atoms with E-state index in [4.69, 9.17) is 4.74 Å². The highest BCUT2D eigenvalue weighted by molar-refractivity contribution is 5.72. The lowest BCUT2D eigenvalue weighted by Gasteiger charge is -2.25. The molecule has 1 N–H and O–H groups in total. The summed E-state index contributed by atoms with van der Waals surface area (Å²) in [4.78, 5) is 11.8. The van der Waals surface area contributed by atoms with Gasteiger partial charge in [-0.05, 0) is 30.9 Å². The number of hydrogen-bond donors (Lipinski definition) is 1. The summed E-state index contributed by atoms with van der Waals surface area (Å²) in [5.41, 5.74) is 2.41. The zero-order valence-electron chi connectivity index (χ0n) is 9.82. The monoisotopic (exact) mass is 231 g/mol. The van der Waals surface area contributed by atoms with Gasteiger partial charge in [-0.15, -0.1) is 0 Å². The molecule has 1 saturated carbocycles. The van der Waals surface area contributed by atoms with Crippen molar-refractivity contribution in [1.29, 1.82) is 0 Å². The van der Waals surface area contributed by atoms with E-state index in [2.05, 4.69) is 17.4 Å². The Hall–Kier alpha value is -1.51. The standard InChI is InChI=1S/C14H17NO2/c16-14(17-11-4-3-5-11)8-10-9-15-13-7-2-1-6-12(10)13/h1-2,6-7,10-11,15H,3-5,8-9H2. The fourth-order valence-corrected chi connectivity index (χ4v) is 2.46. The number of benzene rings is 1. The number of carbonyl (C=O) groups is 1. The SMILES string of the molecule is O=C(CC1CNc2ccccc21)OC1CCC1. The lowest BCUT2D eigenvalue weighted by molar-refractivity contribution is -0.153. The van der Waals surface area contributed by atoms with Crippen molar-refractivity contribution in [3.8, 4) is 0 Å². The highest BCUT2D eigenvalue weighted by Crippen LogP contribution is 2.34. The normalized spacial score (nSPS) is 22.5. The van der Waals surface area contributed by atoms with E-state index in [0.29, 0.717) is 6.42 Å². The lowest BCUT2D eigenvalue weighted by Crippen LogP contribution is -2.26. The van der Waals surface area contributed by atoms with Crippen molar-refractivity contribution in [2.45, 2.75) is 37.7 Å². The minimum Gasteiger partial charge on any atom is -0.462 e. The van der Waals surface area contributed by atoms with Gasteiger partial charge in [-0.3, -0.25) is 4.79 Å². The van der Waals surface area contributed by atoms with Crippen LogP contribution in [0.25, 0.3) is 0 Å². The molecule has 1 unspecified atom stereocenters. The van der Waals surface area contributed by atoms with Crippen LogP contribution < -0.4 is 5.32 Å². The van der Waals surface area contributed by atoms with Crippen molar-refractivity contribution in [3.63, 3.8) is 0 Å². The van der Waals surface area contributed by atoms with Gasteiger partial charge in [0.1, 0.15) is 6.10 Å². The maximum atomic E-state index is 11.8. The maximum Gasteiger partial charge on any atom is 0.306 e. The van der Waals surface area contributed by atoms with E-state index >= 15 is 0 Å². The van der Waals surface area contributed by atoms with Gasteiger partial charge in [0, 0.05) is 18.2 Å². The first-order chi connectivity index (χ1) is 8.33. The van der Waals surface area contributed by atoms with Crippen LogP contribution >= 0.6 is 0 Å². The molecular weight excluding hydrogens is 214 g/mol. The molecule has 1 aromatic carbocycles. The molecule has 1 aliphatic carbocycles. The molecule has 1 heterocycles. The predicted octanol–water partition coefficient (Wildman–Crippen LogP) is 2.68. The summed E-state index contributed by atoms with van der Waals surface area (Å²) in [7, 11) is 0. The van der Waals surface area contributed by atoms with Gasteiger partial charge in [-0.25, -0.2) is 0 Å². The molecule has 0 radical (unpaired) electrons. The number of fused-ring (bicyclic) bond motifs is 1. The molecule has 17 heavy (non-hydrogen) atoms. The first-order valence-corrected chi connectivity index (χ1v) is 6.35. The van der Waals surface area contributed by atoms with Crippen molar-refractivity contribution in [3.05, 3.63) is 29.8 Å². The third kappa shape index (κ3) is 2.14. The van der Waals surface area contributed by atoms with E-state index in [9.17, 15) is 4.79 Å². The van der Waals surface area contributed by atoms with E-state index < -0.39 is 0 Å². The number of ether oxygens (including phenoxy) is 1. The third-order valence-electron chi connectivity index (χ3n) is 3.70. The van der Waals surface area contributed by atoms with Crippen LogP contribution in [0.3, 0.4) is 0 Å². The summed E-state index contributed by atoms with van der Waals surface area (Å²) in [6.45, 7) is 0.846. The average Bonchev–Trinajstić information content (AvgIpc) is 2.68. The molecule has 2 aliphatic rings. The Morgan fingerprint density at radius 1 is 1.35 bits per heavy atom. The Bertz CT molecular complexity index is 426. The second-order valence-electron chi connectivity index (χ2n) is 4.91. The molecule has 0 aromatic heterocycles. The van der Waals surface area contributed by atoms with Crippen molar-refractivity contribution < 1.29 is 9.53 Å². The molecule has 1 atom stereocenters. The minimum absolute atomic E-state index is 0.0433. The fourth-order valence-electron chi connectivity index (χ4n) is 2.46. The van der Waals surface area contributed by atoms with Gasteiger partial charge in [0.25, 0.3) is 0 Å². The summed E-state index contributed by atoms with van der Waals surface area (Å²) in [5, 5.41) is 3.33. The number of para-hydroxylation sites is 1. The van der Waals surface area contributed by atoms with Crippen molar-refractivity contribution in [2.75, 3.05) is 11.9 Å². The predicted molar refractivity (Wildman–Crippen MR) is 66.0 cm³/mol. The zero-order valence-corrected chi connectivity index (χ0v) is 9.82. The van der Waals surface area contributed by atoms with E-state index in [1.54, 1.807) is 0 Å². The number of carbonyl (C=O) groups excluding carboxylic acids is 1. The quantitative estimate of drug-likeness (QED) is 0.813. The van der Waals surface area contributed by atoms with Crippen LogP contribution in [0.4, 0.5) is 5.69 Å². The van der Waals surface area contributed by atoms with Gasteiger partial charge in [0.2, 0.25) is 0 Å². The molecule has 0 saturated heterocycles. The van der Waals surface area contributed by atoms with Crippen LogP contribution in [0.15, 0.2) is 24.3 Å². The molecule has 3 rings (SSSR count). The maximum absolute atomic E-state index is 11.8. The molecule has 3 nitrogen and oxygen atoms in total. The second kappa shape index (κ2) is 4.40. The molecule has 1 fully saturated rings. The van der Waals surface area contributed by atoms with Crippen molar-refractivity contribution in [2.24, 2.45) is 0 Å². The number of hydrogen-bond acceptors (Lipinski definition) is 3. The fraction of sp³-hybridized carbons (Fsp3) is 0.500. The number of rotatable bonds is 3. The van der Waals surface area contributed by atoms with Crippen molar-refractivity contribution >= 4 is 11.7 Å². The van der Waals surface area contributed by atoms with E-state index in [-0.39, 0.29) is 18.0 Å². The molecule has 0 bridgehead atoms. The average molecular weight is 231 g/mol. The Kier molecular flexibility index (Phi) is 2.75. The molecular formula is C14H17NO2. The van der Waals surface area contributed by atoms with E-state index in [1.807, 2.05) is 12.1 Å². The Balaban J connectivity index is 1.60. The summed E-state index contributed by atoms with van der Waals surface area (Å²) < 4.78 is 5.40. The van der Waals surface area contributed by atoms with Gasteiger partial charge in [-0.1, -0.05) is 18.2 Å². The summed E-state index contributed by atoms with van der Waals surface area (Å²) in [6, 6.07) is 8.19. The van der Waals surface area contributed by atoms with Crippen LogP contribution in [-0.4, -0.2) is 18.6 Å². The Morgan fingerprint density at radius 2 is 2.18 bits per heavy atom. The highest BCUT2D eigenvalue weighted by Gasteiger charge is 2.27. The van der Waals surface area contributed by atoms with Crippen LogP contribution in [0, 0.1) is 0 Å². The van der Waals surface area contributed by atoms with Gasteiger partial charge in [0.15, 0.2) is 0 Å². The molecule has 0 amide bonds. The van der Waals surface area contributed by atoms with Crippen LogP contribution in [0.2, 0.25) is 0 Å². The van der Waals surface area contributed by atoms with Crippen LogP contribution in [0.5, 0.6) is 0 Å². The van der Waals surface area contributed by atoms with Gasteiger partial charge in [0.05, 0.1) is 6.42 Å². The number of esters is 1. The second-order valence-corrected chi connectivity index (χ2v) is 4.91. The smallest absolute Gasteiger partial charge is 0.306 e. The van der Waals surface area contributed by atoms with Gasteiger partial charge in [-0.2, -0.15) is 0 Å².